The molecule has 0 amide bonds. The molecule has 1 aromatic heterocycles. The zero-order valence-electron chi connectivity index (χ0n) is 8.42. The summed E-state index contributed by atoms with van der Waals surface area (Å²) in [7, 11) is 0. The monoisotopic (exact) mass is 211 g/mol. The van der Waals surface area contributed by atoms with Gasteiger partial charge in [0.05, 0.1) is 5.02 Å². The molecule has 0 aliphatic carbocycles. The molecule has 3 nitrogen and oxygen atoms in total. The van der Waals surface area contributed by atoms with Gasteiger partial charge in [0.2, 0.25) is 0 Å². The lowest BCUT2D eigenvalue weighted by molar-refractivity contribution is 0.462. The number of hydrogen-bond donors (Lipinski definition) is 1. The quantitative estimate of drug-likeness (QED) is 0.616. The molecule has 0 saturated heterocycles. The molecule has 0 saturated carbocycles. The molecular weight excluding hydrogens is 198 g/mol. The lowest BCUT2D eigenvalue weighted by Crippen LogP contribution is -2.31. The Hall–Kier alpha value is -1.09. The van der Waals surface area contributed by atoms with E-state index in [1.807, 2.05) is 18.7 Å². The van der Waals surface area contributed by atoms with Gasteiger partial charge in [-0.1, -0.05) is 11.6 Å². The lowest BCUT2D eigenvalue weighted by Gasteiger charge is -2.21. The fraction of sp³-hybridized carbons (Fsp3) is 0.400. The van der Waals surface area contributed by atoms with Gasteiger partial charge >= 0.3 is 0 Å². The van der Waals surface area contributed by atoms with Gasteiger partial charge in [-0.3, -0.25) is 10.4 Å². The van der Waals surface area contributed by atoms with E-state index in [1.165, 1.54) is 0 Å². The molecule has 1 N–H and O–H groups in total. The summed E-state index contributed by atoms with van der Waals surface area (Å²) in [5.74, 6) is 0.389. The van der Waals surface area contributed by atoms with Crippen LogP contribution in [0, 0.1) is 5.41 Å². The van der Waals surface area contributed by atoms with Crippen LogP contribution in [0.3, 0.4) is 0 Å². The van der Waals surface area contributed by atoms with E-state index in [0.29, 0.717) is 16.6 Å². The summed E-state index contributed by atoms with van der Waals surface area (Å²) in [5, 5.41) is 8.44. The minimum absolute atomic E-state index is 0.389. The number of amidine groups is 1. The average molecular weight is 212 g/mol. The van der Waals surface area contributed by atoms with E-state index in [0.717, 1.165) is 13.1 Å². The SMILES string of the molecule is CCN(CC)C(=N)c1ncccc1Cl. The Balaban J connectivity index is 2.94. The van der Waals surface area contributed by atoms with Crippen LogP contribution in [0.4, 0.5) is 0 Å². The fourth-order valence-corrected chi connectivity index (χ4v) is 1.46. The predicted octanol–water partition coefficient (Wildman–Crippen LogP) is 2.40. The van der Waals surface area contributed by atoms with Crippen molar-refractivity contribution >= 4 is 17.4 Å². The first kappa shape index (κ1) is 11.0. The normalized spacial score (nSPS) is 9.93. The Morgan fingerprint density at radius 1 is 1.50 bits per heavy atom. The van der Waals surface area contributed by atoms with Crippen LogP contribution < -0.4 is 0 Å². The molecule has 1 heterocycles. The summed E-state index contributed by atoms with van der Waals surface area (Å²) in [5.41, 5.74) is 0.554. The fourth-order valence-electron chi connectivity index (χ4n) is 1.25. The second-order valence-electron chi connectivity index (χ2n) is 2.85. The molecule has 1 rings (SSSR count). The number of hydrogen-bond acceptors (Lipinski definition) is 2. The second-order valence-corrected chi connectivity index (χ2v) is 3.26. The Bertz CT molecular complexity index is 321. The third-order valence-corrected chi connectivity index (χ3v) is 2.37. The van der Waals surface area contributed by atoms with E-state index in [9.17, 15) is 0 Å². The first-order valence-electron chi connectivity index (χ1n) is 4.65. The van der Waals surface area contributed by atoms with Crippen LogP contribution in [0.5, 0.6) is 0 Å². The maximum Gasteiger partial charge on any atom is 0.148 e. The molecule has 0 aromatic carbocycles. The molecular formula is C10H14ClN3. The lowest BCUT2D eigenvalue weighted by atomic mass is 10.3. The zero-order chi connectivity index (χ0) is 10.6. The summed E-state index contributed by atoms with van der Waals surface area (Å²) in [6, 6.07) is 3.52. The number of pyridine rings is 1. The van der Waals surface area contributed by atoms with Crippen LogP contribution in [0.15, 0.2) is 18.3 Å². The summed E-state index contributed by atoms with van der Waals surface area (Å²) in [4.78, 5) is 6.01. The van der Waals surface area contributed by atoms with E-state index >= 15 is 0 Å². The van der Waals surface area contributed by atoms with Crippen molar-refractivity contribution in [2.75, 3.05) is 13.1 Å². The Morgan fingerprint density at radius 2 is 2.14 bits per heavy atom. The van der Waals surface area contributed by atoms with E-state index < -0.39 is 0 Å². The molecule has 0 aliphatic heterocycles. The van der Waals surface area contributed by atoms with Crippen LogP contribution in [-0.2, 0) is 0 Å². The van der Waals surface area contributed by atoms with Gasteiger partial charge in [-0.15, -0.1) is 0 Å². The van der Waals surface area contributed by atoms with Crippen molar-refractivity contribution in [3.63, 3.8) is 0 Å². The summed E-state index contributed by atoms with van der Waals surface area (Å²) < 4.78 is 0. The van der Waals surface area contributed by atoms with Gasteiger partial charge in [0.15, 0.2) is 0 Å². The maximum atomic E-state index is 7.91. The number of nitrogens with zero attached hydrogens (tertiary/aromatic N) is 2. The average Bonchev–Trinajstić information content (AvgIpc) is 2.20. The van der Waals surface area contributed by atoms with Crippen molar-refractivity contribution in [1.82, 2.24) is 9.88 Å². The molecule has 0 fully saturated rings. The number of aromatic nitrogens is 1. The standard InChI is InChI=1S/C10H14ClN3/c1-3-14(4-2)10(12)9-8(11)6-5-7-13-9/h5-7,12H,3-4H2,1-2H3. The molecule has 4 heteroatoms. The van der Waals surface area contributed by atoms with Crippen LogP contribution in [0.25, 0.3) is 0 Å². The Labute approximate surface area is 89.2 Å². The van der Waals surface area contributed by atoms with Gasteiger partial charge in [-0.2, -0.15) is 0 Å². The van der Waals surface area contributed by atoms with Crippen LogP contribution >= 0.6 is 11.6 Å². The van der Waals surface area contributed by atoms with Gasteiger partial charge in [0.25, 0.3) is 0 Å². The molecule has 14 heavy (non-hydrogen) atoms. The molecule has 0 aliphatic rings. The topological polar surface area (TPSA) is 40.0 Å². The van der Waals surface area contributed by atoms with Crippen molar-refractivity contribution in [2.24, 2.45) is 0 Å². The van der Waals surface area contributed by atoms with E-state index in [1.54, 1.807) is 18.3 Å². The first-order valence-corrected chi connectivity index (χ1v) is 5.02. The van der Waals surface area contributed by atoms with Crippen molar-refractivity contribution < 1.29 is 0 Å². The summed E-state index contributed by atoms with van der Waals surface area (Å²) in [6.07, 6.45) is 1.65. The Morgan fingerprint density at radius 3 is 2.64 bits per heavy atom. The third-order valence-electron chi connectivity index (χ3n) is 2.06. The largest absolute Gasteiger partial charge is 0.356 e. The second kappa shape index (κ2) is 4.96. The number of nitrogens with one attached hydrogen (secondary N) is 1. The highest BCUT2D eigenvalue weighted by Crippen LogP contribution is 2.14. The van der Waals surface area contributed by atoms with Gasteiger partial charge in [0, 0.05) is 19.3 Å². The van der Waals surface area contributed by atoms with Gasteiger partial charge < -0.3 is 4.90 Å². The molecule has 0 spiro atoms. The van der Waals surface area contributed by atoms with Crippen LogP contribution in [0.1, 0.15) is 19.5 Å². The van der Waals surface area contributed by atoms with Gasteiger partial charge in [0.1, 0.15) is 11.5 Å². The van der Waals surface area contributed by atoms with Crippen LogP contribution in [-0.4, -0.2) is 28.8 Å². The highest BCUT2D eigenvalue weighted by Gasteiger charge is 2.12. The third kappa shape index (κ3) is 2.23. The van der Waals surface area contributed by atoms with E-state index in [4.69, 9.17) is 17.0 Å². The molecule has 0 bridgehead atoms. The van der Waals surface area contributed by atoms with Gasteiger partial charge in [-0.05, 0) is 26.0 Å². The molecule has 0 atom stereocenters. The van der Waals surface area contributed by atoms with Crippen molar-refractivity contribution in [3.8, 4) is 0 Å². The summed E-state index contributed by atoms with van der Waals surface area (Å²) >= 11 is 5.95. The first-order chi connectivity index (χ1) is 6.70. The zero-order valence-corrected chi connectivity index (χ0v) is 9.17. The van der Waals surface area contributed by atoms with Crippen molar-refractivity contribution in [2.45, 2.75) is 13.8 Å². The minimum atomic E-state index is 0.389. The number of halogens is 1. The number of rotatable bonds is 3. The molecule has 1 aromatic rings. The van der Waals surface area contributed by atoms with Gasteiger partial charge in [-0.25, -0.2) is 0 Å². The van der Waals surface area contributed by atoms with Crippen molar-refractivity contribution in [1.29, 1.82) is 5.41 Å². The molecule has 76 valence electrons. The van der Waals surface area contributed by atoms with E-state index in [2.05, 4.69) is 4.98 Å². The smallest absolute Gasteiger partial charge is 0.148 e. The highest BCUT2D eigenvalue weighted by atomic mass is 35.5. The molecule has 0 radical (unpaired) electrons. The van der Waals surface area contributed by atoms with Crippen molar-refractivity contribution in [3.05, 3.63) is 29.0 Å². The highest BCUT2D eigenvalue weighted by molar-refractivity contribution is 6.33. The molecule has 0 unspecified atom stereocenters. The Kier molecular flexibility index (Phi) is 3.89. The van der Waals surface area contributed by atoms with E-state index in [-0.39, 0.29) is 0 Å². The summed E-state index contributed by atoms with van der Waals surface area (Å²) in [6.45, 7) is 5.61. The minimum Gasteiger partial charge on any atom is -0.356 e. The maximum absolute atomic E-state index is 7.91. The van der Waals surface area contributed by atoms with Crippen LogP contribution in [0.2, 0.25) is 5.02 Å². The predicted molar refractivity (Wildman–Crippen MR) is 59.0 cm³/mol.